The van der Waals surface area contributed by atoms with E-state index < -0.39 is 5.41 Å². The molecular weight excluding hydrogens is 458 g/mol. The minimum Gasteiger partial charge on any atom is -0.496 e. The molecule has 2 aliphatic heterocycles. The van der Waals surface area contributed by atoms with Gasteiger partial charge in [-0.3, -0.25) is 24.2 Å². The first-order valence-corrected chi connectivity index (χ1v) is 12.4. The van der Waals surface area contributed by atoms with Crippen LogP contribution in [0.15, 0.2) is 54.6 Å². The van der Waals surface area contributed by atoms with Crippen molar-refractivity contribution < 1.29 is 23.9 Å². The van der Waals surface area contributed by atoms with E-state index in [0.717, 1.165) is 12.1 Å². The number of para-hydroxylation sites is 1. The van der Waals surface area contributed by atoms with Gasteiger partial charge in [0.2, 0.25) is 17.7 Å². The first-order chi connectivity index (χ1) is 17.4. The number of hydrogen-bond acceptors (Lipinski definition) is 6. The second-order valence-corrected chi connectivity index (χ2v) is 9.58. The summed E-state index contributed by atoms with van der Waals surface area (Å²) in [6, 6.07) is 17.4. The van der Waals surface area contributed by atoms with E-state index in [2.05, 4.69) is 24.1 Å². The third-order valence-electron chi connectivity index (χ3n) is 7.40. The number of amides is 3. The summed E-state index contributed by atoms with van der Waals surface area (Å²) in [5.41, 5.74) is 0.440. The Labute approximate surface area is 212 Å². The maximum absolute atomic E-state index is 13.9. The molecule has 2 heterocycles. The molecule has 3 amide bonds. The third-order valence-corrected chi connectivity index (χ3v) is 7.40. The Hall–Kier alpha value is -3.23. The SMILES string of the molecule is COCCCN1C(=O)C[C@@](CC(=O)N2CCN(C)[C@H](c3ccccc3)C2)(c2ccccc2OC)C1=O. The lowest BCUT2D eigenvalue weighted by atomic mass is 9.75. The summed E-state index contributed by atoms with van der Waals surface area (Å²) < 4.78 is 10.7. The fourth-order valence-electron chi connectivity index (χ4n) is 5.38. The van der Waals surface area contributed by atoms with Crippen LogP contribution in [0.5, 0.6) is 5.75 Å². The quantitative estimate of drug-likeness (QED) is 0.395. The fraction of sp³-hybridized carbons (Fsp3) is 0.464. The number of imide groups is 1. The summed E-state index contributed by atoms with van der Waals surface area (Å²) in [5.74, 6) is -0.230. The maximum atomic E-state index is 13.9. The number of rotatable bonds is 9. The molecule has 36 heavy (non-hydrogen) atoms. The molecular formula is C28H35N3O5. The van der Waals surface area contributed by atoms with Gasteiger partial charge in [-0.05, 0) is 25.1 Å². The fourth-order valence-corrected chi connectivity index (χ4v) is 5.38. The van der Waals surface area contributed by atoms with Crippen molar-refractivity contribution in [1.82, 2.24) is 14.7 Å². The van der Waals surface area contributed by atoms with Crippen LogP contribution in [0.25, 0.3) is 0 Å². The molecule has 0 aromatic heterocycles. The number of likely N-dealkylation sites (N-methyl/N-ethyl adjacent to an activating group) is 1. The van der Waals surface area contributed by atoms with Crippen molar-refractivity contribution in [3.05, 3.63) is 65.7 Å². The molecule has 0 unspecified atom stereocenters. The highest BCUT2D eigenvalue weighted by Gasteiger charge is 2.55. The van der Waals surface area contributed by atoms with E-state index in [9.17, 15) is 14.4 Å². The van der Waals surface area contributed by atoms with Crippen LogP contribution in [-0.4, -0.2) is 86.5 Å². The smallest absolute Gasteiger partial charge is 0.241 e. The van der Waals surface area contributed by atoms with E-state index in [0.29, 0.717) is 37.4 Å². The number of benzene rings is 2. The van der Waals surface area contributed by atoms with E-state index in [4.69, 9.17) is 9.47 Å². The molecule has 0 radical (unpaired) electrons. The second-order valence-electron chi connectivity index (χ2n) is 9.58. The molecule has 0 bridgehead atoms. The molecule has 0 spiro atoms. The van der Waals surface area contributed by atoms with Gasteiger partial charge in [0, 0.05) is 58.3 Å². The highest BCUT2D eigenvalue weighted by molar-refractivity contribution is 6.11. The zero-order valence-electron chi connectivity index (χ0n) is 21.3. The van der Waals surface area contributed by atoms with Crippen LogP contribution in [0.2, 0.25) is 0 Å². The van der Waals surface area contributed by atoms with Gasteiger partial charge in [0.05, 0.1) is 18.6 Å². The first-order valence-electron chi connectivity index (χ1n) is 12.4. The standard InChI is InChI=1S/C28H35N3O5/c1-29-15-16-30(20-23(29)21-10-5-4-6-11-21)25(32)18-28(22-12-7-8-13-24(22)36-3)19-26(33)31(27(28)34)14-9-17-35-2/h4-8,10-13,23H,9,14-20H2,1-3H3/t23-,28-/m0/s1. The summed E-state index contributed by atoms with van der Waals surface area (Å²) in [5, 5.41) is 0. The van der Waals surface area contributed by atoms with Gasteiger partial charge in [-0.1, -0.05) is 48.5 Å². The van der Waals surface area contributed by atoms with Gasteiger partial charge in [-0.15, -0.1) is 0 Å². The molecule has 2 aliphatic rings. The molecule has 2 aromatic carbocycles. The molecule has 8 nitrogen and oxygen atoms in total. The summed E-state index contributed by atoms with van der Waals surface area (Å²) in [4.78, 5) is 46.2. The molecule has 2 saturated heterocycles. The maximum Gasteiger partial charge on any atom is 0.241 e. The van der Waals surface area contributed by atoms with Gasteiger partial charge in [0.15, 0.2) is 0 Å². The van der Waals surface area contributed by atoms with Crippen LogP contribution >= 0.6 is 0 Å². The van der Waals surface area contributed by atoms with E-state index >= 15 is 0 Å². The number of ether oxygens (including phenoxy) is 2. The van der Waals surface area contributed by atoms with Crippen molar-refractivity contribution >= 4 is 17.7 Å². The zero-order valence-corrected chi connectivity index (χ0v) is 21.3. The lowest BCUT2D eigenvalue weighted by Crippen LogP contribution is -2.51. The third kappa shape index (κ3) is 5.01. The minimum absolute atomic E-state index is 0.0548. The Morgan fingerprint density at radius 2 is 1.75 bits per heavy atom. The number of piperazine rings is 1. The van der Waals surface area contributed by atoms with Crippen molar-refractivity contribution in [3.63, 3.8) is 0 Å². The number of hydrogen-bond donors (Lipinski definition) is 0. The Morgan fingerprint density at radius 3 is 2.47 bits per heavy atom. The minimum atomic E-state index is -1.29. The predicted octanol–water partition coefficient (Wildman–Crippen LogP) is 2.63. The van der Waals surface area contributed by atoms with Crippen molar-refractivity contribution in [2.24, 2.45) is 0 Å². The molecule has 2 atom stereocenters. The van der Waals surface area contributed by atoms with Crippen molar-refractivity contribution in [1.29, 1.82) is 0 Å². The van der Waals surface area contributed by atoms with Gasteiger partial charge in [-0.25, -0.2) is 0 Å². The average Bonchev–Trinajstić information content (AvgIpc) is 3.14. The monoisotopic (exact) mass is 493 g/mol. The number of carbonyl (C=O) groups excluding carboxylic acids is 3. The highest BCUT2D eigenvalue weighted by atomic mass is 16.5. The van der Waals surface area contributed by atoms with Gasteiger partial charge in [0.1, 0.15) is 5.75 Å². The van der Waals surface area contributed by atoms with Crippen LogP contribution in [0.3, 0.4) is 0 Å². The van der Waals surface area contributed by atoms with E-state index in [1.807, 2.05) is 35.2 Å². The van der Waals surface area contributed by atoms with Gasteiger partial charge in [0.25, 0.3) is 0 Å². The number of likely N-dealkylation sites (tertiary alicyclic amines) is 1. The Morgan fingerprint density at radius 1 is 1.03 bits per heavy atom. The Balaban J connectivity index is 1.63. The van der Waals surface area contributed by atoms with E-state index in [1.54, 1.807) is 19.2 Å². The van der Waals surface area contributed by atoms with Crippen LogP contribution in [0, 0.1) is 0 Å². The Bertz CT molecular complexity index is 1090. The van der Waals surface area contributed by atoms with Crippen molar-refractivity contribution in [2.45, 2.75) is 30.7 Å². The number of methoxy groups -OCH3 is 2. The topological polar surface area (TPSA) is 79.4 Å². The second kappa shape index (κ2) is 11.2. The summed E-state index contributed by atoms with van der Waals surface area (Å²) in [6.45, 7) is 2.53. The molecule has 0 N–H and O–H groups in total. The van der Waals surface area contributed by atoms with E-state index in [-0.39, 0.29) is 43.1 Å². The molecule has 4 rings (SSSR count). The van der Waals surface area contributed by atoms with E-state index in [1.165, 1.54) is 12.0 Å². The predicted molar refractivity (Wildman–Crippen MR) is 136 cm³/mol. The summed E-state index contributed by atoms with van der Waals surface area (Å²) in [7, 11) is 5.19. The van der Waals surface area contributed by atoms with Gasteiger partial charge < -0.3 is 14.4 Å². The molecule has 192 valence electrons. The first kappa shape index (κ1) is 25.9. The zero-order chi connectivity index (χ0) is 25.7. The summed E-state index contributed by atoms with van der Waals surface area (Å²) >= 11 is 0. The molecule has 0 aliphatic carbocycles. The van der Waals surface area contributed by atoms with Gasteiger partial charge in [-0.2, -0.15) is 0 Å². The number of carbonyl (C=O) groups is 3. The van der Waals surface area contributed by atoms with Crippen LogP contribution in [0.4, 0.5) is 0 Å². The highest BCUT2D eigenvalue weighted by Crippen LogP contribution is 2.44. The van der Waals surface area contributed by atoms with Crippen LogP contribution < -0.4 is 4.74 Å². The Kier molecular flexibility index (Phi) is 8.06. The summed E-state index contributed by atoms with van der Waals surface area (Å²) in [6.07, 6.45) is 0.409. The number of nitrogens with zero attached hydrogens (tertiary/aromatic N) is 3. The van der Waals surface area contributed by atoms with Crippen molar-refractivity contribution in [2.75, 3.05) is 54.1 Å². The van der Waals surface area contributed by atoms with Crippen molar-refractivity contribution in [3.8, 4) is 5.75 Å². The average molecular weight is 494 g/mol. The van der Waals surface area contributed by atoms with Crippen LogP contribution in [0.1, 0.15) is 36.4 Å². The molecule has 8 heteroatoms. The van der Waals surface area contributed by atoms with Gasteiger partial charge >= 0.3 is 0 Å². The normalized spacial score (nSPS) is 22.8. The lowest BCUT2D eigenvalue weighted by molar-refractivity contribution is -0.143. The lowest BCUT2D eigenvalue weighted by Gasteiger charge is -2.41. The molecule has 0 saturated carbocycles. The largest absolute Gasteiger partial charge is 0.496 e. The van der Waals surface area contributed by atoms with Crippen LogP contribution in [-0.2, 0) is 24.5 Å². The molecule has 2 fully saturated rings. The molecule has 2 aromatic rings.